The summed E-state index contributed by atoms with van der Waals surface area (Å²) in [6, 6.07) is 2.11. The highest BCUT2D eigenvalue weighted by Crippen LogP contribution is 2.22. The van der Waals surface area contributed by atoms with Gasteiger partial charge in [0.05, 0.1) is 5.02 Å². The SMILES string of the molecule is CCNCc1cc(N2CCSCC2)ncc1Cl. The van der Waals surface area contributed by atoms with Gasteiger partial charge in [-0.3, -0.25) is 0 Å². The normalized spacial score (nSPS) is 16.2. The van der Waals surface area contributed by atoms with Crippen LogP contribution in [0.2, 0.25) is 5.02 Å². The van der Waals surface area contributed by atoms with Crippen molar-refractivity contribution in [3.8, 4) is 0 Å². The monoisotopic (exact) mass is 271 g/mol. The fourth-order valence-corrected chi connectivity index (χ4v) is 2.90. The largest absolute Gasteiger partial charge is 0.355 e. The molecule has 1 aromatic heterocycles. The minimum Gasteiger partial charge on any atom is -0.355 e. The molecule has 0 aromatic carbocycles. The molecule has 1 saturated heterocycles. The zero-order valence-corrected chi connectivity index (χ0v) is 11.7. The summed E-state index contributed by atoms with van der Waals surface area (Å²) in [6.45, 7) is 6.03. The molecule has 94 valence electrons. The van der Waals surface area contributed by atoms with Crippen molar-refractivity contribution in [1.82, 2.24) is 10.3 Å². The molecule has 3 nitrogen and oxygen atoms in total. The summed E-state index contributed by atoms with van der Waals surface area (Å²) in [4.78, 5) is 6.76. The van der Waals surface area contributed by atoms with Gasteiger partial charge in [0.2, 0.25) is 0 Å². The van der Waals surface area contributed by atoms with Gasteiger partial charge in [-0.05, 0) is 18.2 Å². The fraction of sp³-hybridized carbons (Fsp3) is 0.583. The first-order valence-corrected chi connectivity index (χ1v) is 7.52. The number of aromatic nitrogens is 1. The van der Waals surface area contributed by atoms with Crippen LogP contribution in [0.1, 0.15) is 12.5 Å². The Hall–Kier alpha value is -0.450. The molecule has 0 bridgehead atoms. The number of hydrogen-bond acceptors (Lipinski definition) is 4. The molecule has 1 aliphatic rings. The summed E-state index contributed by atoms with van der Waals surface area (Å²) in [7, 11) is 0. The molecule has 2 heterocycles. The Morgan fingerprint density at radius 2 is 2.24 bits per heavy atom. The van der Waals surface area contributed by atoms with E-state index in [0.717, 1.165) is 42.6 Å². The average molecular weight is 272 g/mol. The molecule has 1 N–H and O–H groups in total. The summed E-state index contributed by atoms with van der Waals surface area (Å²) in [5.41, 5.74) is 1.14. The maximum atomic E-state index is 6.15. The molecule has 1 aromatic rings. The third-order valence-corrected chi connectivity index (χ3v) is 4.10. The molecule has 0 unspecified atom stereocenters. The van der Waals surface area contributed by atoms with Crippen molar-refractivity contribution in [2.45, 2.75) is 13.5 Å². The molecule has 17 heavy (non-hydrogen) atoms. The second kappa shape index (κ2) is 6.47. The maximum absolute atomic E-state index is 6.15. The standard InChI is InChI=1S/C12H18ClN3S/c1-2-14-8-10-7-12(15-9-11(10)13)16-3-5-17-6-4-16/h7,9,14H,2-6,8H2,1H3. The van der Waals surface area contributed by atoms with E-state index in [1.807, 2.05) is 11.8 Å². The van der Waals surface area contributed by atoms with E-state index in [0.29, 0.717) is 0 Å². The van der Waals surface area contributed by atoms with Gasteiger partial charge in [-0.1, -0.05) is 18.5 Å². The van der Waals surface area contributed by atoms with Gasteiger partial charge >= 0.3 is 0 Å². The molecule has 0 spiro atoms. The van der Waals surface area contributed by atoms with Crippen LogP contribution < -0.4 is 10.2 Å². The second-order valence-electron chi connectivity index (χ2n) is 4.01. The van der Waals surface area contributed by atoms with Crippen molar-refractivity contribution in [2.24, 2.45) is 0 Å². The molecule has 1 aliphatic heterocycles. The van der Waals surface area contributed by atoms with Crippen molar-refractivity contribution in [3.63, 3.8) is 0 Å². The highest BCUT2D eigenvalue weighted by molar-refractivity contribution is 7.99. The second-order valence-corrected chi connectivity index (χ2v) is 5.65. The zero-order valence-electron chi connectivity index (χ0n) is 10.1. The molecule has 2 rings (SSSR count). The summed E-state index contributed by atoms with van der Waals surface area (Å²) < 4.78 is 0. The number of nitrogens with one attached hydrogen (secondary N) is 1. The maximum Gasteiger partial charge on any atom is 0.128 e. The fourth-order valence-electron chi connectivity index (χ4n) is 1.83. The molecule has 0 aliphatic carbocycles. The van der Waals surface area contributed by atoms with Gasteiger partial charge in [0.15, 0.2) is 0 Å². The minimum absolute atomic E-state index is 0.751. The smallest absolute Gasteiger partial charge is 0.128 e. The molecular formula is C12H18ClN3S. The third kappa shape index (κ3) is 3.50. The molecular weight excluding hydrogens is 254 g/mol. The van der Waals surface area contributed by atoms with Crippen LogP contribution in [0.4, 0.5) is 5.82 Å². The van der Waals surface area contributed by atoms with Crippen molar-refractivity contribution < 1.29 is 0 Å². The Morgan fingerprint density at radius 3 is 2.94 bits per heavy atom. The van der Waals surface area contributed by atoms with Crippen molar-refractivity contribution in [1.29, 1.82) is 0 Å². The molecule has 0 amide bonds. The van der Waals surface area contributed by atoms with E-state index >= 15 is 0 Å². The van der Waals surface area contributed by atoms with Crippen LogP contribution in [0, 0.1) is 0 Å². The van der Waals surface area contributed by atoms with E-state index in [1.165, 1.54) is 11.5 Å². The number of thioether (sulfide) groups is 1. The summed E-state index contributed by atoms with van der Waals surface area (Å²) in [6.07, 6.45) is 1.77. The predicted octanol–water partition coefficient (Wildman–Crippen LogP) is 2.40. The van der Waals surface area contributed by atoms with Crippen molar-refractivity contribution >= 4 is 29.2 Å². The first-order valence-electron chi connectivity index (χ1n) is 5.99. The number of halogens is 1. The Labute approximate surface area is 112 Å². The van der Waals surface area contributed by atoms with Gasteiger partial charge in [-0.25, -0.2) is 4.98 Å². The van der Waals surface area contributed by atoms with Gasteiger partial charge < -0.3 is 10.2 Å². The van der Waals surface area contributed by atoms with Gasteiger partial charge in [0.1, 0.15) is 5.82 Å². The van der Waals surface area contributed by atoms with Crippen LogP contribution in [0.3, 0.4) is 0 Å². The van der Waals surface area contributed by atoms with Gasteiger partial charge in [0, 0.05) is 37.3 Å². The lowest BCUT2D eigenvalue weighted by molar-refractivity contribution is 0.724. The number of hydrogen-bond donors (Lipinski definition) is 1. The highest BCUT2D eigenvalue weighted by Gasteiger charge is 2.13. The Balaban J connectivity index is 2.11. The van der Waals surface area contributed by atoms with E-state index in [1.54, 1.807) is 6.20 Å². The van der Waals surface area contributed by atoms with Crippen LogP contribution >= 0.6 is 23.4 Å². The first-order chi connectivity index (χ1) is 8.31. The Kier molecular flexibility index (Phi) is 4.95. The van der Waals surface area contributed by atoms with E-state index < -0.39 is 0 Å². The topological polar surface area (TPSA) is 28.2 Å². The minimum atomic E-state index is 0.751. The van der Waals surface area contributed by atoms with Gasteiger partial charge in [0.25, 0.3) is 0 Å². The number of pyridine rings is 1. The molecule has 0 radical (unpaired) electrons. The molecule has 1 fully saturated rings. The highest BCUT2D eigenvalue weighted by atomic mass is 35.5. The zero-order chi connectivity index (χ0) is 12.1. The molecule has 5 heteroatoms. The van der Waals surface area contributed by atoms with E-state index in [9.17, 15) is 0 Å². The number of anilines is 1. The predicted molar refractivity (Wildman–Crippen MR) is 76.2 cm³/mol. The summed E-state index contributed by atoms with van der Waals surface area (Å²) in [5.74, 6) is 3.43. The molecule has 0 saturated carbocycles. The van der Waals surface area contributed by atoms with Gasteiger partial charge in [-0.2, -0.15) is 11.8 Å². The van der Waals surface area contributed by atoms with Crippen LogP contribution in [-0.4, -0.2) is 36.1 Å². The van der Waals surface area contributed by atoms with Gasteiger partial charge in [-0.15, -0.1) is 0 Å². The number of nitrogens with zero attached hydrogens (tertiary/aromatic N) is 2. The Bertz CT molecular complexity index is 367. The Morgan fingerprint density at radius 1 is 1.47 bits per heavy atom. The van der Waals surface area contributed by atoms with Crippen LogP contribution in [0.5, 0.6) is 0 Å². The van der Waals surface area contributed by atoms with E-state index in [4.69, 9.17) is 11.6 Å². The molecule has 0 atom stereocenters. The first kappa shape index (κ1) is 13.0. The quantitative estimate of drug-likeness (QED) is 0.910. The van der Waals surface area contributed by atoms with E-state index in [2.05, 4.69) is 28.2 Å². The average Bonchev–Trinajstić information content (AvgIpc) is 2.39. The van der Waals surface area contributed by atoms with Crippen LogP contribution in [0.25, 0.3) is 0 Å². The summed E-state index contributed by atoms with van der Waals surface area (Å²) >= 11 is 8.15. The lowest BCUT2D eigenvalue weighted by atomic mass is 10.2. The number of rotatable bonds is 4. The third-order valence-electron chi connectivity index (χ3n) is 2.82. The summed E-state index contributed by atoms with van der Waals surface area (Å²) in [5, 5.41) is 4.05. The van der Waals surface area contributed by atoms with Crippen LogP contribution in [0.15, 0.2) is 12.3 Å². The van der Waals surface area contributed by atoms with Crippen molar-refractivity contribution in [3.05, 3.63) is 22.8 Å². The van der Waals surface area contributed by atoms with Crippen molar-refractivity contribution in [2.75, 3.05) is 36.0 Å². The van der Waals surface area contributed by atoms with Crippen LogP contribution in [-0.2, 0) is 6.54 Å². The lowest BCUT2D eigenvalue weighted by Gasteiger charge is -2.27. The van der Waals surface area contributed by atoms with E-state index in [-0.39, 0.29) is 0 Å². The lowest BCUT2D eigenvalue weighted by Crippen LogP contribution is -2.33.